The average Bonchev–Trinajstić information content (AvgIpc) is 2.72. The summed E-state index contributed by atoms with van der Waals surface area (Å²) < 4.78 is 0. The quantitative estimate of drug-likeness (QED) is 0.885. The van der Waals surface area contributed by atoms with Crippen LogP contribution in [0.4, 0.5) is 0 Å². The van der Waals surface area contributed by atoms with E-state index in [1.807, 2.05) is 23.1 Å². The number of aliphatic imine (C=N–C) groups is 1. The molecule has 0 spiro atoms. The second kappa shape index (κ2) is 5.66. The summed E-state index contributed by atoms with van der Waals surface area (Å²) in [5, 5.41) is 4.71. The van der Waals surface area contributed by atoms with E-state index >= 15 is 0 Å². The van der Waals surface area contributed by atoms with E-state index < -0.39 is 0 Å². The predicted molar refractivity (Wildman–Crippen MR) is 83.6 cm³/mol. The van der Waals surface area contributed by atoms with Crippen LogP contribution in [0.15, 0.2) is 17.1 Å². The van der Waals surface area contributed by atoms with Gasteiger partial charge in [-0.25, -0.2) is 0 Å². The highest BCUT2D eigenvalue weighted by Gasteiger charge is 2.28. The third kappa shape index (κ3) is 3.75. The van der Waals surface area contributed by atoms with Crippen LogP contribution in [-0.4, -0.2) is 17.0 Å². The first kappa shape index (κ1) is 13.9. The van der Waals surface area contributed by atoms with Crippen LogP contribution in [0.5, 0.6) is 0 Å². The van der Waals surface area contributed by atoms with Crippen molar-refractivity contribution in [2.45, 2.75) is 46.7 Å². The standard InChI is InChI=1S/C14H22N2S2/c1-10-5-6-11(18-10)9-15-13-16-12(7-8-17-13)14(2,3)4/h5-6,12H,7-9H2,1-4H3,(H,15,16). The fourth-order valence-electron chi connectivity index (χ4n) is 2.00. The van der Waals surface area contributed by atoms with Gasteiger partial charge in [-0.1, -0.05) is 32.5 Å². The zero-order valence-electron chi connectivity index (χ0n) is 11.6. The van der Waals surface area contributed by atoms with Gasteiger partial charge in [-0.05, 0) is 30.9 Å². The van der Waals surface area contributed by atoms with Gasteiger partial charge in [0.15, 0.2) is 5.17 Å². The molecule has 18 heavy (non-hydrogen) atoms. The van der Waals surface area contributed by atoms with Crippen LogP contribution < -0.4 is 5.32 Å². The molecule has 0 aromatic carbocycles. The van der Waals surface area contributed by atoms with E-state index in [1.54, 1.807) is 0 Å². The summed E-state index contributed by atoms with van der Waals surface area (Å²) in [4.78, 5) is 7.42. The predicted octanol–water partition coefficient (Wildman–Crippen LogP) is 4.05. The van der Waals surface area contributed by atoms with Crippen molar-refractivity contribution in [3.8, 4) is 0 Å². The molecule has 0 radical (unpaired) electrons. The Hall–Kier alpha value is -0.480. The van der Waals surface area contributed by atoms with Gasteiger partial charge in [0.05, 0.1) is 6.54 Å². The van der Waals surface area contributed by atoms with Crippen LogP contribution in [0, 0.1) is 12.3 Å². The number of rotatable bonds is 2. The van der Waals surface area contributed by atoms with E-state index in [0.717, 1.165) is 11.7 Å². The van der Waals surface area contributed by atoms with Crippen molar-refractivity contribution in [1.82, 2.24) is 5.32 Å². The average molecular weight is 282 g/mol. The minimum Gasteiger partial charge on any atom is -0.362 e. The van der Waals surface area contributed by atoms with E-state index in [2.05, 4.69) is 45.1 Å². The van der Waals surface area contributed by atoms with Gasteiger partial charge in [0, 0.05) is 21.5 Å². The van der Waals surface area contributed by atoms with Crippen LogP contribution >= 0.6 is 23.1 Å². The van der Waals surface area contributed by atoms with E-state index in [0.29, 0.717) is 11.5 Å². The summed E-state index contributed by atoms with van der Waals surface area (Å²) in [7, 11) is 0. The molecule has 0 bridgehead atoms. The Labute approximate surface area is 118 Å². The molecule has 1 saturated heterocycles. The smallest absolute Gasteiger partial charge is 0.157 e. The molecule has 1 unspecified atom stereocenters. The molecule has 0 aliphatic carbocycles. The Bertz CT molecular complexity index is 429. The number of thioether (sulfide) groups is 1. The van der Waals surface area contributed by atoms with Crippen LogP contribution in [0.3, 0.4) is 0 Å². The third-order valence-corrected chi connectivity index (χ3v) is 5.11. The van der Waals surface area contributed by atoms with Gasteiger partial charge in [0.25, 0.3) is 0 Å². The minimum atomic E-state index is 0.307. The number of amidine groups is 1. The summed E-state index contributed by atoms with van der Waals surface area (Å²) in [5.41, 5.74) is 0.307. The molecule has 2 rings (SSSR count). The summed E-state index contributed by atoms with van der Waals surface area (Å²) in [5.74, 6) is 1.18. The number of aryl methyl sites for hydroxylation is 1. The number of hydrogen-bond acceptors (Lipinski definition) is 3. The number of hydrogen-bond donors (Lipinski definition) is 1. The molecule has 1 aliphatic rings. The fraction of sp³-hybridized carbons (Fsp3) is 0.643. The zero-order chi connectivity index (χ0) is 13.2. The Balaban J connectivity index is 1.96. The van der Waals surface area contributed by atoms with E-state index in [9.17, 15) is 0 Å². The Morgan fingerprint density at radius 1 is 1.39 bits per heavy atom. The van der Waals surface area contributed by atoms with Crippen LogP contribution in [-0.2, 0) is 6.54 Å². The van der Waals surface area contributed by atoms with Crippen molar-refractivity contribution in [2.75, 3.05) is 5.75 Å². The maximum Gasteiger partial charge on any atom is 0.157 e. The number of nitrogens with one attached hydrogen (secondary N) is 1. The first-order chi connectivity index (χ1) is 8.45. The largest absolute Gasteiger partial charge is 0.362 e. The second-order valence-electron chi connectivity index (χ2n) is 5.83. The Morgan fingerprint density at radius 2 is 2.17 bits per heavy atom. The SMILES string of the molecule is Cc1ccc(CN=C2NC(C(C)(C)C)CCS2)s1. The maximum absolute atomic E-state index is 4.71. The molecule has 4 heteroatoms. The second-order valence-corrected chi connectivity index (χ2v) is 8.29. The van der Waals surface area contributed by atoms with Gasteiger partial charge in [-0.3, -0.25) is 4.99 Å². The van der Waals surface area contributed by atoms with Gasteiger partial charge >= 0.3 is 0 Å². The lowest BCUT2D eigenvalue weighted by molar-refractivity contribution is 0.290. The molecule has 1 aromatic rings. The van der Waals surface area contributed by atoms with Gasteiger partial charge < -0.3 is 5.32 Å². The number of nitrogens with zero attached hydrogens (tertiary/aromatic N) is 1. The molecule has 1 fully saturated rings. The normalized spacial score (nSPS) is 23.1. The molecular formula is C14H22N2S2. The van der Waals surface area contributed by atoms with Crippen molar-refractivity contribution < 1.29 is 0 Å². The van der Waals surface area contributed by atoms with Crippen molar-refractivity contribution in [3.05, 3.63) is 21.9 Å². The van der Waals surface area contributed by atoms with Crippen LogP contribution in [0.25, 0.3) is 0 Å². The van der Waals surface area contributed by atoms with Crippen molar-refractivity contribution >= 4 is 28.3 Å². The lowest BCUT2D eigenvalue weighted by Gasteiger charge is -2.35. The van der Waals surface area contributed by atoms with E-state index in [-0.39, 0.29) is 0 Å². The molecule has 1 aromatic heterocycles. The highest BCUT2D eigenvalue weighted by molar-refractivity contribution is 8.13. The zero-order valence-corrected chi connectivity index (χ0v) is 13.3. The van der Waals surface area contributed by atoms with Gasteiger partial charge in [-0.2, -0.15) is 0 Å². The molecule has 1 aliphatic heterocycles. The molecule has 1 atom stereocenters. The summed E-state index contributed by atoms with van der Waals surface area (Å²) in [6.45, 7) is 9.83. The van der Waals surface area contributed by atoms with Crippen molar-refractivity contribution in [1.29, 1.82) is 0 Å². The van der Waals surface area contributed by atoms with Gasteiger partial charge in [0.1, 0.15) is 0 Å². The molecule has 1 N–H and O–H groups in total. The molecule has 0 amide bonds. The molecule has 0 saturated carbocycles. The minimum absolute atomic E-state index is 0.307. The Kier molecular flexibility index (Phi) is 4.38. The van der Waals surface area contributed by atoms with Crippen molar-refractivity contribution in [2.24, 2.45) is 10.4 Å². The highest BCUT2D eigenvalue weighted by Crippen LogP contribution is 2.27. The first-order valence-corrected chi connectivity index (χ1v) is 8.24. The first-order valence-electron chi connectivity index (χ1n) is 6.44. The van der Waals surface area contributed by atoms with Gasteiger partial charge in [-0.15, -0.1) is 11.3 Å². The molecule has 2 heterocycles. The third-order valence-electron chi connectivity index (χ3n) is 3.16. The Morgan fingerprint density at radius 3 is 2.78 bits per heavy atom. The molecule has 2 nitrogen and oxygen atoms in total. The summed E-state index contributed by atoms with van der Waals surface area (Å²) in [6, 6.07) is 4.89. The van der Waals surface area contributed by atoms with E-state index in [4.69, 9.17) is 4.99 Å². The number of thiophene rings is 1. The molecule has 100 valence electrons. The monoisotopic (exact) mass is 282 g/mol. The summed E-state index contributed by atoms with van der Waals surface area (Å²) in [6.07, 6.45) is 1.23. The van der Waals surface area contributed by atoms with Crippen LogP contribution in [0.1, 0.15) is 36.9 Å². The van der Waals surface area contributed by atoms with Gasteiger partial charge in [0.2, 0.25) is 0 Å². The maximum atomic E-state index is 4.71. The lowest BCUT2D eigenvalue weighted by atomic mass is 9.85. The topological polar surface area (TPSA) is 24.4 Å². The van der Waals surface area contributed by atoms with E-state index in [1.165, 1.54) is 21.9 Å². The van der Waals surface area contributed by atoms with Crippen molar-refractivity contribution in [3.63, 3.8) is 0 Å². The highest BCUT2D eigenvalue weighted by atomic mass is 32.2. The summed E-state index contributed by atoms with van der Waals surface area (Å²) >= 11 is 3.69. The fourth-order valence-corrected chi connectivity index (χ4v) is 3.74. The molecular weight excluding hydrogens is 260 g/mol. The lowest BCUT2D eigenvalue weighted by Crippen LogP contribution is -2.46. The van der Waals surface area contributed by atoms with Crippen LogP contribution in [0.2, 0.25) is 0 Å².